The monoisotopic (exact) mass is 260 g/mol. The van der Waals surface area contributed by atoms with E-state index in [1.54, 1.807) is 6.08 Å². The molecule has 0 fully saturated rings. The Bertz CT molecular complexity index is 422. The largest absolute Gasteiger partial charge is 0.377 e. The van der Waals surface area contributed by atoms with E-state index >= 15 is 0 Å². The molecule has 0 aliphatic carbocycles. The van der Waals surface area contributed by atoms with Gasteiger partial charge in [0, 0.05) is 13.2 Å². The van der Waals surface area contributed by atoms with Crippen LogP contribution in [0.5, 0.6) is 0 Å². The van der Waals surface area contributed by atoms with Crippen LogP contribution in [-0.4, -0.2) is 30.7 Å². The molecule has 1 rings (SSSR count). The third-order valence-electron chi connectivity index (χ3n) is 2.26. The minimum absolute atomic E-state index is 0.523. The minimum Gasteiger partial charge on any atom is -0.377 e. The smallest absolute Gasteiger partial charge is 0.222 e. The molecule has 0 aliphatic heterocycles. The molecule has 1 aromatic rings. The number of benzene rings is 1. The Morgan fingerprint density at radius 1 is 1.11 bits per heavy atom. The third-order valence-corrected chi connectivity index (χ3v) is 2.26. The molecule has 0 radical (unpaired) electrons. The lowest BCUT2D eigenvalue weighted by Gasteiger charge is -2.09. The summed E-state index contributed by atoms with van der Waals surface area (Å²) >= 11 is 0. The number of hydrogen-bond donors (Lipinski definition) is 1. The van der Waals surface area contributed by atoms with Crippen LogP contribution in [0.3, 0.4) is 0 Å². The van der Waals surface area contributed by atoms with Crippen molar-refractivity contribution in [3.05, 3.63) is 42.0 Å². The van der Waals surface area contributed by atoms with Gasteiger partial charge in [0.2, 0.25) is 6.29 Å². The fraction of sp³-hybridized carbons (Fsp3) is 0.375. The van der Waals surface area contributed by atoms with Gasteiger partial charge in [-0.1, -0.05) is 42.3 Å². The van der Waals surface area contributed by atoms with Gasteiger partial charge in [0.1, 0.15) is 6.10 Å². The Morgan fingerprint density at radius 3 is 2.32 bits per heavy atom. The molecule has 0 aromatic heterocycles. The van der Waals surface area contributed by atoms with Crippen LogP contribution in [0.15, 0.2) is 36.4 Å². The molecule has 0 aliphatic rings. The second-order valence-electron chi connectivity index (χ2n) is 3.75. The standard InChI is InChI=1S/C16H20O3/c1-3-18-16(19-4-2)13-12-15(17)11-10-14-8-6-5-7-9-14/h5-11,15-17H,3-4H2,1-2H3/b11-10+/t15-/m1/s1. The number of aliphatic hydroxyl groups excluding tert-OH is 1. The van der Waals surface area contributed by atoms with Crippen LogP contribution in [0.1, 0.15) is 19.4 Å². The van der Waals surface area contributed by atoms with Crippen molar-refractivity contribution >= 4 is 6.08 Å². The summed E-state index contributed by atoms with van der Waals surface area (Å²) in [7, 11) is 0. The fourth-order valence-electron chi connectivity index (χ4n) is 1.40. The zero-order chi connectivity index (χ0) is 13.9. The Labute approximate surface area is 114 Å². The molecule has 0 unspecified atom stereocenters. The van der Waals surface area contributed by atoms with Gasteiger partial charge in [-0.2, -0.15) is 0 Å². The average Bonchev–Trinajstić information content (AvgIpc) is 2.44. The summed E-state index contributed by atoms with van der Waals surface area (Å²) in [4.78, 5) is 0. The maximum absolute atomic E-state index is 9.72. The first-order valence-corrected chi connectivity index (χ1v) is 6.41. The Balaban J connectivity index is 2.54. The van der Waals surface area contributed by atoms with Gasteiger partial charge in [0.25, 0.3) is 0 Å². The molecule has 0 bridgehead atoms. The van der Waals surface area contributed by atoms with Gasteiger partial charge in [0.05, 0.1) is 0 Å². The molecule has 19 heavy (non-hydrogen) atoms. The highest BCUT2D eigenvalue weighted by molar-refractivity contribution is 5.50. The molecular weight excluding hydrogens is 240 g/mol. The van der Waals surface area contributed by atoms with Crippen LogP contribution >= 0.6 is 0 Å². The van der Waals surface area contributed by atoms with E-state index in [1.165, 1.54) is 0 Å². The predicted octanol–water partition coefficient (Wildman–Crippen LogP) is 2.46. The fourth-order valence-corrected chi connectivity index (χ4v) is 1.40. The van der Waals surface area contributed by atoms with Crippen molar-refractivity contribution < 1.29 is 14.6 Å². The Hall–Kier alpha value is -1.60. The summed E-state index contributed by atoms with van der Waals surface area (Å²) < 4.78 is 10.5. The third kappa shape index (κ3) is 6.78. The van der Waals surface area contributed by atoms with E-state index in [1.807, 2.05) is 50.3 Å². The van der Waals surface area contributed by atoms with Crippen molar-refractivity contribution in [3.8, 4) is 11.8 Å². The highest BCUT2D eigenvalue weighted by Crippen LogP contribution is 2.02. The first-order valence-electron chi connectivity index (χ1n) is 6.41. The molecule has 0 saturated carbocycles. The van der Waals surface area contributed by atoms with Gasteiger partial charge in [-0.05, 0) is 31.4 Å². The molecule has 1 aromatic carbocycles. The molecular formula is C16H20O3. The number of aliphatic hydroxyl groups is 1. The number of hydrogen-bond acceptors (Lipinski definition) is 3. The molecule has 0 saturated heterocycles. The normalized spacial score (nSPS) is 12.4. The van der Waals surface area contributed by atoms with Crippen molar-refractivity contribution in [2.45, 2.75) is 26.2 Å². The SMILES string of the molecule is CCOC(C#C[C@H](O)/C=C/c1ccccc1)OCC. The van der Waals surface area contributed by atoms with Gasteiger partial charge in [-0.25, -0.2) is 0 Å². The molecule has 3 heteroatoms. The molecule has 102 valence electrons. The summed E-state index contributed by atoms with van der Waals surface area (Å²) in [6.07, 6.45) is 2.06. The van der Waals surface area contributed by atoms with E-state index in [9.17, 15) is 5.11 Å². The van der Waals surface area contributed by atoms with E-state index in [4.69, 9.17) is 9.47 Å². The van der Waals surface area contributed by atoms with Gasteiger partial charge in [-0.15, -0.1) is 0 Å². The lowest BCUT2D eigenvalue weighted by molar-refractivity contribution is -0.0971. The van der Waals surface area contributed by atoms with Crippen LogP contribution < -0.4 is 0 Å². The van der Waals surface area contributed by atoms with E-state index in [2.05, 4.69) is 11.8 Å². The Morgan fingerprint density at radius 2 is 1.74 bits per heavy atom. The quantitative estimate of drug-likeness (QED) is 0.631. The predicted molar refractivity (Wildman–Crippen MR) is 76.3 cm³/mol. The van der Waals surface area contributed by atoms with Crippen molar-refractivity contribution in [2.75, 3.05) is 13.2 Å². The van der Waals surface area contributed by atoms with Gasteiger partial charge in [-0.3, -0.25) is 0 Å². The summed E-state index contributed by atoms with van der Waals surface area (Å²) in [5.74, 6) is 5.45. The van der Waals surface area contributed by atoms with Crippen LogP contribution in [-0.2, 0) is 9.47 Å². The first kappa shape index (κ1) is 15.5. The topological polar surface area (TPSA) is 38.7 Å². The summed E-state index contributed by atoms with van der Waals surface area (Å²) in [6.45, 7) is 4.80. The lowest BCUT2D eigenvalue weighted by atomic mass is 10.2. The van der Waals surface area contributed by atoms with Gasteiger partial charge in [0.15, 0.2) is 0 Å². The first-order chi connectivity index (χ1) is 9.26. The Kier molecular flexibility index (Phi) is 7.60. The zero-order valence-corrected chi connectivity index (χ0v) is 11.4. The summed E-state index contributed by atoms with van der Waals surface area (Å²) in [5, 5.41) is 9.72. The average molecular weight is 260 g/mol. The van der Waals surface area contributed by atoms with E-state index in [0.717, 1.165) is 5.56 Å². The van der Waals surface area contributed by atoms with Crippen molar-refractivity contribution in [1.82, 2.24) is 0 Å². The molecule has 1 atom stereocenters. The molecule has 1 N–H and O–H groups in total. The summed E-state index contributed by atoms with van der Waals surface area (Å²) in [5.41, 5.74) is 1.02. The highest BCUT2D eigenvalue weighted by Gasteiger charge is 2.02. The minimum atomic E-state index is -0.830. The van der Waals surface area contributed by atoms with E-state index in [0.29, 0.717) is 13.2 Å². The lowest BCUT2D eigenvalue weighted by Crippen LogP contribution is -2.15. The van der Waals surface area contributed by atoms with Crippen molar-refractivity contribution in [1.29, 1.82) is 0 Å². The van der Waals surface area contributed by atoms with Gasteiger partial charge < -0.3 is 14.6 Å². The molecule has 3 nitrogen and oxygen atoms in total. The molecule has 0 spiro atoms. The van der Waals surface area contributed by atoms with Gasteiger partial charge >= 0.3 is 0 Å². The maximum atomic E-state index is 9.72. The summed E-state index contributed by atoms with van der Waals surface area (Å²) in [6, 6.07) is 9.75. The van der Waals surface area contributed by atoms with Crippen LogP contribution in [0.4, 0.5) is 0 Å². The van der Waals surface area contributed by atoms with E-state index < -0.39 is 12.4 Å². The van der Waals surface area contributed by atoms with Crippen LogP contribution in [0.25, 0.3) is 6.08 Å². The van der Waals surface area contributed by atoms with E-state index in [-0.39, 0.29) is 0 Å². The van der Waals surface area contributed by atoms with Crippen LogP contribution in [0.2, 0.25) is 0 Å². The van der Waals surface area contributed by atoms with Crippen molar-refractivity contribution in [2.24, 2.45) is 0 Å². The number of ether oxygens (including phenoxy) is 2. The molecule has 0 amide bonds. The number of rotatable bonds is 6. The maximum Gasteiger partial charge on any atom is 0.222 e. The van der Waals surface area contributed by atoms with Crippen molar-refractivity contribution in [3.63, 3.8) is 0 Å². The zero-order valence-electron chi connectivity index (χ0n) is 11.4. The second kappa shape index (κ2) is 9.35. The van der Waals surface area contributed by atoms with Crippen LogP contribution in [0, 0.1) is 11.8 Å². The highest BCUT2D eigenvalue weighted by atomic mass is 16.7. The second-order valence-corrected chi connectivity index (χ2v) is 3.75. The molecule has 0 heterocycles.